The van der Waals surface area contributed by atoms with E-state index < -0.39 is 6.04 Å². The van der Waals surface area contributed by atoms with Gasteiger partial charge in [-0.1, -0.05) is 23.7 Å². The number of methoxy groups -OCH3 is 1. The van der Waals surface area contributed by atoms with Crippen molar-refractivity contribution in [3.8, 4) is 0 Å². The van der Waals surface area contributed by atoms with Crippen molar-refractivity contribution in [2.45, 2.75) is 6.04 Å². The second kappa shape index (κ2) is 6.41. The van der Waals surface area contributed by atoms with E-state index in [0.717, 1.165) is 9.35 Å². The standard InChI is InChI=1S/C13H11BrClNO2S/c1-18-13(17)11(12-8(14)6-7-19-12)16-10-5-3-2-4-9(10)15/h2-7,11,16H,1H3. The van der Waals surface area contributed by atoms with Crippen LogP contribution in [0.2, 0.25) is 5.02 Å². The second-order valence-electron chi connectivity index (χ2n) is 3.71. The minimum absolute atomic E-state index is 0.358. The van der Waals surface area contributed by atoms with Crippen LogP contribution in [0.1, 0.15) is 10.9 Å². The summed E-state index contributed by atoms with van der Waals surface area (Å²) in [6.07, 6.45) is 0. The highest BCUT2D eigenvalue weighted by atomic mass is 79.9. The van der Waals surface area contributed by atoms with Crippen LogP contribution in [0.5, 0.6) is 0 Å². The molecule has 0 fully saturated rings. The summed E-state index contributed by atoms with van der Waals surface area (Å²) >= 11 is 11.0. The normalized spacial score (nSPS) is 11.9. The Morgan fingerprint density at radius 2 is 2.16 bits per heavy atom. The number of para-hydroxylation sites is 1. The molecule has 0 aliphatic carbocycles. The molecule has 19 heavy (non-hydrogen) atoms. The smallest absolute Gasteiger partial charge is 0.333 e. The number of ether oxygens (including phenoxy) is 1. The minimum Gasteiger partial charge on any atom is -0.467 e. The van der Waals surface area contributed by atoms with Gasteiger partial charge in [0, 0.05) is 4.47 Å². The molecule has 1 unspecified atom stereocenters. The highest BCUT2D eigenvalue weighted by Gasteiger charge is 2.25. The van der Waals surface area contributed by atoms with Gasteiger partial charge in [0.25, 0.3) is 0 Å². The predicted octanol–water partition coefficient (Wildman–Crippen LogP) is 4.49. The number of rotatable bonds is 4. The highest BCUT2D eigenvalue weighted by molar-refractivity contribution is 9.10. The van der Waals surface area contributed by atoms with Crippen LogP contribution >= 0.6 is 38.9 Å². The molecular weight excluding hydrogens is 350 g/mol. The van der Waals surface area contributed by atoms with Gasteiger partial charge in [0.1, 0.15) is 0 Å². The quantitative estimate of drug-likeness (QED) is 0.816. The molecule has 0 saturated heterocycles. The number of thiophene rings is 1. The van der Waals surface area contributed by atoms with Crippen LogP contribution in [-0.2, 0) is 9.53 Å². The van der Waals surface area contributed by atoms with Gasteiger partial charge in [-0.2, -0.15) is 0 Å². The van der Waals surface area contributed by atoms with Gasteiger partial charge in [0.05, 0.1) is 22.7 Å². The second-order valence-corrected chi connectivity index (χ2v) is 5.92. The third kappa shape index (κ3) is 3.29. The van der Waals surface area contributed by atoms with Crippen molar-refractivity contribution in [1.29, 1.82) is 0 Å². The molecule has 0 bridgehead atoms. The summed E-state index contributed by atoms with van der Waals surface area (Å²) in [5, 5.41) is 5.58. The molecule has 3 nitrogen and oxygen atoms in total. The molecule has 100 valence electrons. The Kier molecular flexibility index (Phi) is 4.85. The molecule has 6 heteroatoms. The third-order valence-corrected chi connectivity index (χ3v) is 4.78. The topological polar surface area (TPSA) is 38.3 Å². The number of halogens is 2. The Morgan fingerprint density at radius 1 is 1.42 bits per heavy atom. The molecule has 2 rings (SSSR count). The Balaban J connectivity index is 2.33. The average molecular weight is 361 g/mol. The minimum atomic E-state index is -0.584. The van der Waals surface area contributed by atoms with Crippen molar-refractivity contribution >= 4 is 50.5 Å². The van der Waals surface area contributed by atoms with Crippen LogP contribution < -0.4 is 5.32 Å². The molecule has 1 aromatic carbocycles. The van der Waals surface area contributed by atoms with Gasteiger partial charge in [-0.05, 0) is 39.5 Å². The van der Waals surface area contributed by atoms with Crippen LogP contribution in [0.15, 0.2) is 40.2 Å². The molecule has 0 spiro atoms. The van der Waals surface area contributed by atoms with Gasteiger partial charge >= 0.3 is 5.97 Å². The molecule has 1 atom stereocenters. The van der Waals surface area contributed by atoms with Crippen LogP contribution in [0, 0.1) is 0 Å². The zero-order valence-electron chi connectivity index (χ0n) is 10.0. The summed E-state index contributed by atoms with van der Waals surface area (Å²) in [6.45, 7) is 0. The van der Waals surface area contributed by atoms with Crippen molar-refractivity contribution in [2.75, 3.05) is 12.4 Å². The van der Waals surface area contributed by atoms with Crippen molar-refractivity contribution < 1.29 is 9.53 Å². The number of carbonyl (C=O) groups excluding carboxylic acids is 1. The number of anilines is 1. The van der Waals surface area contributed by atoms with Crippen LogP contribution in [-0.4, -0.2) is 13.1 Å². The van der Waals surface area contributed by atoms with E-state index in [1.165, 1.54) is 18.4 Å². The van der Waals surface area contributed by atoms with Gasteiger partial charge in [-0.3, -0.25) is 0 Å². The molecule has 1 N–H and O–H groups in total. The summed E-state index contributed by atoms with van der Waals surface area (Å²) in [6, 6.07) is 8.58. The first-order valence-electron chi connectivity index (χ1n) is 5.45. The Bertz CT molecular complexity index is 588. The first-order chi connectivity index (χ1) is 9.13. The number of carbonyl (C=O) groups is 1. The molecule has 1 aromatic heterocycles. The third-order valence-electron chi connectivity index (χ3n) is 2.52. The fourth-order valence-electron chi connectivity index (χ4n) is 1.59. The molecule has 0 saturated carbocycles. The summed E-state index contributed by atoms with van der Waals surface area (Å²) < 4.78 is 5.71. The number of esters is 1. The zero-order valence-corrected chi connectivity index (χ0v) is 13.2. The van der Waals surface area contributed by atoms with Crippen molar-refractivity contribution in [2.24, 2.45) is 0 Å². The van der Waals surface area contributed by atoms with Crippen molar-refractivity contribution in [3.63, 3.8) is 0 Å². The molecule has 0 aliphatic heterocycles. The van der Waals surface area contributed by atoms with E-state index >= 15 is 0 Å². The molecular formula is C13H11BrClNO2S. The molecule has 1 heterocycles. The van der Waals surface area contributed by atoms with Crippen molar-refractivity contribution in [1.82, 2.24) is 0 Å². The Hall–Kier alpha value is -1.04. The lowest BCUT2D eigenvalue weighted by molar-refractivity contribution is -0.141. The molecule has 0 amide bonds. The lowest BCUT2D eigenvalue weighted by atomic mass is 10.2. The summed E-state index contributed by atoms with van der Waals surface area (Å²) in [4.78, 5) is 12.8. The summed E-state index contributed by atoms with van der Waals surface area (Å²) in [5.41, 5.74) is 0.694. The van der Waals surface area contributed by atoms with Crippen LogP contribution in [0.3, 0.4) is 0 Å². The first kappa shape index (κ1) is 14.4. The SMILES string of the molecule is COC(=O)C(Nc1ccccc1Cl)c1sccc1Br. The highest BCUT2D eigenvalue weighted by Crippen LogP contribution is 2.33. The molecule has 2 aromatic rings. The maximum absolute atomic E-state index is 11.9. The first-order valence-corrected chi connectivity index (χ1v) is 7.50. The summed E-state index contributed by atoms with van der Waals surface area (Å²) in [7, 11) is 1.37. The van der Waals surface area contributed by atoms with Gasteiger partial charge in [0.2, 0.25) is 0 Å². The fourth-order valence-corrected chi connectivity index (χ4v) is 3.42. The van der Waals surface area contributed by atoms with E-state index in [0.29, 0.717) is 10.7 Å². The van der Waals surface area contributed by atoms with E-state index in [1.54, 1.807) is 6.07 Å². The Labute approximate surface area is 128 Å². The predicted molar refractivity (Wildman–Crippen MR) is 81.9 cm³/mol. The van der Waals surface area contributed by atoms with Gasteiger partial charge in [-0.25, -0.2) is 4.79 Å². The van der Waals surface area contributed by atoms with E-state index in [-0.39, 0.29) is 5.97 Å². The molecule has 0 radical (unpaired) electrons. The number of nitrogens with one attached hydrogen (secondary N) is 1. The Morgan fingerprint density at radius 3 is 2.74 bits per heavy atom. The van der Waals surface area contributed by atoms with E-state index in [4.69, 9.17) is 16.3 Å². The van der Waals surface area contributed by atoms with Gasteiger partial charge in [0.15, 0.2) is 6.04 Å². The lowest BCUT2D eigenvalue weighted by Gasteiger charge is -2.17. The largest absolute Gasteiger partial charge is 0.467 e. The maximum Gasteiger partial charge on any atom is 0.333 e. The number of hydrogen-bond acceptors (Lipinski definition) is 4. The van der Waals surface area contributed by atoms with Crippen LogP contribution in [0.25, 0.3) is 0 Å². The van der Waals surface area contributed by atoms with Gasteiger partial charge in [-0.15, -0.1) is 11.3 Å². The zero-order chi connectivity index (χ0) is 13.8. The fraction of sp³-hybridized carbons (Fsp3) is 0.154. The van der Waals surface area contributed by atoms with Crippen molar-refractivity contribution in [3.05, 3.63) is 50.1 Å². The van der Waals surface area contributed by atoms with E-state index in [1.807, 2.05) is 29.6 Å². The van der Waals surface area contributed by atoms with Crippen LogP contribution in [0.4, 0.5) is 5.69 Å². The van der Waals surface area contributed by atoms with E-state index in [9.17, 15) is 4.79 Å². The van der Waals surface area contributed by atoms with Gasteiger partial charge < -0.3 is 10.1 Å². The monoisotopic (exact) mass is 359 g/mol. The maximum atomic E-state index is 11.9. The lowest BCUT2D eigenvalue weighted by Crippen LogP contribution is -2.21. The molecule has 0 aliphatic rings. The number of hydrogen-bond donors (Lipinski definition) is 1. The summed E-state index contributed by atoms with van der Waals surface area (Å²) in [5.74, 6) is -0.358. The number of benzene rings is 1. The van der Waals surface area contributed by atoms with E-state index in [2.05, 4.69) is 21.2 Å². The average Bonchev–Trinajstić information content (AvgIpc) is 2.83.